The molecule has 0 saturated heterocycles. The number of pyridine rings is 1. The molecule has 3 aromatic rings. The highest BCUT2D eigenvalue weighted by Gasteiger charge is 2.23. The van der Waals surface area contributed by atoms with E-state index >= 15 is 0 Å². The predicted octanol–water partition coefficient (Wildman–Crippen LogP) is 3.04. The minimum Gasteiger partial charge on any atom is -0.327 e. The van der Waals surface area contributed by atoms with Crippen molar-refractivity contribution >= 4 is 22.7 Å². The summed E-state index contributed by atoms with van der Waals surface area (Å²) in [6.07, 6.45) is 7.44. The van der Waals surface area contributed by atoms with Crippen LogP contribution in [-0.4, -0.2) is 32.4 Å². The van der Waals surface area contributed by atoms with Crippen molar-refractivity contribution in [1.82, 2.24) is 19.9 Å². The van der Waals surface area contributed by atoms with E-state index in [1.54, 1.807) is 18.5 Å². The number of para-hydroxylation sites is 1. The van der Waals surface area contributed by atoms with E-state index in [0.717, 1.165) is 17.3 Å². The molecule has 1 N–H and O–H groups in total. The molecule has 2 heterocycles. The Balaban J connectivity index is 1.90. The van der Waals surface area contributed by atoms with Gasteiger partial charge in [0.05, 0.1) is 11.6 Å². The van der Waals surface area contributed by atoms with Crippen LogP contribution in [-0.2, 0) is 0 Å². The lowest BCUT2D eigenvalue weighted by molar-refractivity contribution is 0.0942. The summed E-state index contributed by atoms with van der Waals surface area (Å²) in [5.41, 5.74) is 1.34. The number of hydrogen-bond donors (Lipinski definition) is 1. The number of aromatic nitrogens is 3. The zero-order chi connectivity index (χ0) is 16.9. The van der Waals surface area contributed by atoms with Gasteiger partial charge in [0.25, 0.3) is 0 Å². The predicted molar refractivity (Wildman–Crippen MR) is 90.9 cm³/mol. The fourth-order valence-corrected chi connectivity index (χ4v) is 2.66. The van der Waals surface area contributed by atoms with E-state index in [0.29, 0.717) is 12.0 Å². The van der Waals surface area contributed by atoms with Gasteiger partial charge in [0.1, 0.15) is 6.33 Å². The van der Waals surface area contributed by atoms with Gasteiger partial charge in [-0.15, -0.1) is 0 Å². The number of fused-ring (bicyclic) bond motifs is 1. The van der Waals surface area contributed by atoms with Gasteiger partial charge >= 0.3 is 6.03 Å². The molecular formula is C18H18N4O2. The maximum atomic E-state index is 13.0. The molecule has 24 heavy (non-hydrogen) atoms. The maximum Gasteiger partial charge on any atom is 0.327 e. The molecule has 0 spiro atoms. The van der Waals surface area contributed by atoms with Gasteiger partial charge < -0.3 is 5.32 Å². The molecule has 3 rings (SSSR count). The van der Waals surface area contributed by atoms with E-state index in [2.05, 4.69) is 15.3 Å². The first-order valence-corrected chi connectivity index (χ1v) is 7.87. The number of ketones is 1. The van der Waals surface area contributed by atoms with Gasteiger partial charge in [-0.3, -0.25) is 14.3 Å². The Kier molecular flexibility index (Phi) is 4.65. The summed E-state index contributed by atoms with van der Waals surface area (Å²) in [5.74, 6) is -0.107. The lowest BCUT2D eigenvalue weighted by Crippen LogP contribution is -2.42. The van der Waals surface area contributed by atoms with E-state index in [-0.39, 0.29) is 11.8 Å². The minimum atomic E-state index is -0.587. The summed E-state index contributed by atoms with van der Waals surface area (Å²) < 4.78 is 1.32. The number of rotatable bonds is 5. The van der Waals surface area contributed by atoms with Crippen LogP contribution in [0.15, 0.2) is 55.2 Å². The minimum absolute atomic E-state index is 0.107. The molecule has 0 aliphatic carbocycles. The third-order valence-corrected chi connectivity index (χ3v) is 3.84. The first-order valence-electron chi connectivity index (χ1n) is 7.87. The summed E-state index contributed by atoms with van der Waals surface area (Å²) >= 11 is 0. The summed E-state index contributed by atoms with van der Waals surface area (Å²) in [5, 5.41) is 3.59. The summed E-state index contributed by atoms with van der Waals surface area (Å²) in [6.45, 7) is 1.98. The molecule has 0 radical (unpaired) electrons. The van der Waals surface area contributed by atoms with Crippen molar-refractivity contribution in [1.29, 1.82) is 0 Å². The molecule has 0 aliphatic heterocycles. The highest BCUT2D eigenvalue weighted by Crippen LogP contribution is 2.19. The van der Waals surface area contributed by atoms with Gasteiger partial charge in [0.2, 0.25) is 0 Å². The third kappa shape index (κ3) is 3.17. The molecule has 1 amide bonds. The number of carbonyl (C=O) groups excluding carboxylic acids is 2. The molecule has 0 fully saturated rings. The lowest BCUT2D eigenvalue weighted by Gasteiger charge is -2.18. The van der Waals surface area contributed by atoms with Gasteiger partial charge in [-0.2, -0.15) is 0 Å². The highest BCUT2D eigenvalue weighted by molar-refractivity contribution is 6.10. The molecular weight excluding hydrogens is 304 g/mol. The van der Waals surface area contributed by atoms with E-state index in [1.165, 1.54) is 17.1 Å². The van der Waals surface area contributed by atoms with Crippen molar-refractivity contribution in [2.75, 3.05) is 0 Å². The summed E-state index contributed by atoms with van der Waals surface area (Å²) in [7, 11) is 0. The van der Waals surface area contributed by atoms with Crippen molar-refractivity contribution in [3.63, 3.8) is 0 Å². The molecule has 2 aromatic heterocycles. The van der Waals surface area contributed by atoms with Crippen LogP contribution in [0.5, 0.6) is 0 Å². The first kappa shape index (κ1) is 15.9. The smallest absolute Gasteiger partial charge is 0.327 e. The number of nitrogens with zero attached hydrogens (tertiary/aromatic N) is 3. The fourth-order valence-electron chi connectivity index (χ4n) is 2.66. The molecule has 122 valence electrons. The van der Waals surface area contributed by atoms with Crippen molar-refractivity contribution in [2.45, 2.75) is 25.8 Å². The van der Waals surface area contributed by atoms with Crippen molar-refractivity contribution < 1.29 is 9.59 Å². The maximum absolute atomic E-state index is 13.0. The van der Waals surface area contributed by atoms with Crippen LogP contribution in [0.3, 0.4) is 0 Å². The van der Waals surface area contributed by atoms with E-state index in [9.17, 15) is 9.59 Å². The van der Waals surface area contributed by atoms with Crippen molar-refractivity contribution in [2.24, 2.45) is 0 Å². The van der Waals surface area contributed by atoms with Crippen LogP contribution >= 0.6 is 0 Å². The van der Waals surface area contributed by atoms with Gasteiger partial charge in [-0.1, -0.05) is 31.5 Å². The number of carbonyl (C=O) groups is 2. The number of benzene rings is 1. The van der Waals surface area contributed by atoms with E-state index in [4.69, 9.17) is 0 Å². The molecule has 0 aliphatic rings. The SMILES string of the molecule is CCCC(NC(=O)n1ccnc1)C(=O)c1ccnc2ccccc12. The molecule has 1 aromatic carbocycles. The third-order valence-electron chi connectivity index (χ3n) is 3.84. The monoisotopic (exact) mass is 322 g/mol. The van der Waals surface area contributed by atoms with Gasteiger partial charge in [0, 0.05) is 29.5 Å². The zero-order valence-corrected chi connectivity index (χ0v) is 13.3. The second-order valence-electron chi connectivity index (χ2n) is 5.50. The van der Waals surface area contributed by atoms with Crippen LogP contribution in [0.4, 0.5) is 4.79 Å². The van der Waals surface area contributed by atoms with Crippen LogP contribution in [0.25, 0.3) is 10.9 Å². The Labute approximate surface area is 139 Å². The number of Topliss-reactive ketones (excluding diaryl/α,β-unsaturated/α-hetero) is 1. The highest BCUT2D eigenvalue weighted by atomic mass is 16.2. The number of nitrogens with one attached hydrogen (secondary N) is 1. The van der Waals surface area contributed by atoms with Crippen molar-refractivity contribution in [3.05, 3.63) is 60.8 Å². The quantitative estimate of drug-likeness (QED) is 0.732. The largest absolute Gasteiger partial charge is 0.327 e. The molecule has 6 heteroatoms. The standard InChI is InChI=1S/C18H18N4O2/c1-2-5-16(21-18(24)22-11-10-19-12-22)17(23)14-8-9-20-15-7-4-3-6-13(14)15/h3-4,6-12,16H,2,5H2,1H3,(H,21,24). The topological polar surface area (TPSA) is 76.9 Å². The molecule has 0 saturated carbocycles. The van der Waals surface area contributed by atoms with Crippen LogP contribution in [0, 0.1) is 0 Å². The molecule has 6 nitrogen and oxygen atoms in total. The number of hydrogen-bond acceptors (Lipinski definition) is 4. The number of imidazole rings is 1. The van der Waals surface area contributed by atoms with Gasteiger partial charge in [-0.25, -0.2) is 9.78 Å². The summed E-state index contributed by atoms with van der Waals surface area (Å²) in [6, 6.07) is 8.25. The lowest BCUT2D eigenvalue weighted by atomic mass is 9.97. The van der Waals surface area contributed by atoms with Crippen molar-refractivity contribution in [3.8, 4) is 0 Å². The van der Waals surface area contributed by atoms with Crippen LogP contribution in [0.2, 0.25) is 0 Å². The first-order chi connectivity index (χ1) is 11.7. The van der Waals surface area contributed by atoms with Crippen LogP contribution < -0.4 is 5.32 Å². The Hall–Kier alpha value is -3.02. The Morgan fingerprint density at radius 3 is 2.79 bits per heavy atom. The fraction of sp³-hybridized carbons (Fsp3) is 0.222. The normalized spacial score (nSPS) is 12.0. The Morgan fingerprint density at radius 2 is 2.04 bits per heavy atom. The summed E-state index contributed by atoms with van der Waals surface area (Å²) in [4.78, 5) is 33.4. The average molecular weight is 322 g/mol. The second-order valence-corrected chi connectivity index (χ2v) is 5.50. The van der Waals surface area contributed by atoms with E-state index < -0.39 is 6.04 Å². The van der Waals surface area contributed by atoms with Gasteiger partial charge in [-0.05, 0) is 18.6 Å². The number of amides is 1. The van der Waals surface area contributed by atoms with Crippen LogP contribution in [0.1, 0.15) is 30.1 Å². The zero-order valence-electron chi connectivity index (χ0n) is 13.3. The van der Waals surface area contributed by atoms with Gasteiger partial charge in [0.15, 0.2) is 5.78 Å². The second kappa shape index (κ2) is 7.04. The Morgan fingerprint density at radius 1 is 1.21 bits per heavy atom. The molecule has 1 atom stereocenters. The molecule has 0 bridgehead atoms. The molecule has 1 unspecified atom stereocenters. The van der Waals surface area contributed by atoms with E-state index in [1.807, 2.05) is 31.2 Å². The average Bonchev–Trinajstić information content (AvgIpc) is 3.15. The Bertz CT molecular complexity index is 853.